The number of carbonyl (C=O) groups excluding carboxylic acids is 3. The quantitative estimate of drug-likeness (QED) is 0.397. The highest BCUT2D eigenvalue weighted by molar-refractivity contribution is 5.92. The minimum atomic E-state index is -0.297. The molecule has 0 saturated carbocycles. The number of hydrogen-bond acceptors (Lipinski definition) is 6. The van der Waals surface area contributed by atoms with Crippen LogP contribution >= 0.6 is 0 Å². The number of unbranched alkanes of at least 4 members (excludes halogenated alkanes) is 1. The molecule has 0 rings (SSSR count). The Hall–Kier alpha value is -1.47. The normalized spacial score (nSPS) is 10.3. The van der Waals surface area contributed by atoms with E-state index in [4.69, 9.17) is 14.2 Å². The Labute approximate surface area is 131 Å². The van der Waals surface area contributed by atoms with Gasteiger partial charge in [0.15, 0.2) is 0 Å². The van der Waals surface area contributed by atoms with E-state index in [-0.39, 0.29) is 37.4 Å². The molecule has 7 heteroatoms. The van der Waals surface area contributed by atoms with Crippen LogP contribution in [0.2, 0.25) is 0 Å². The lowest BCUT2D eigenvalue weighted by atomic mass is 10.4. The van der Waals surface area contributed by atoms with Crippen LogP contribution < -0.4 is 0 Å². The minimum absolute atomic E-state index is 0.228. The molecule has 0 aromatic heterocycles. The summed E-state index contributed by atoms with van der Waals surface area (Å²) in [6, 6.07) is 0. The summed E-state index contributed by atoms with van der Waals surface area (Å²) in [6.07, 6.45) is 2.09. The highest BCUT2D eigenvalue weighted by Crippen LogP contribution is 1.94. The van der Waals surface area contributed by atoms with Gasteiger partial charge in [0.1, 0.15) is 0 Å². The van der Waals surface area contributed by atoms with Gasteiger partial charge < -0.3 is 14.2 Å². The van der Waals surface area contributed by atoms with Crippen molar-refractivity contribution in [3.63, 3.8) is 0 Å². The third-order valence-electron chi connectivity index (χ3n) is 2.80. The van der Waals surface area contributed by atoms with Crippen LogP contribution in [0.3, 0.4) is 0 Å². The number of rotatable bonds is 12. The number of carbonyl (C=O) groups is 3. The molecule has 0 atom stereocenters. The molecule has 0 bridgehead atoms. The average Bonchev–Trinajstić information content (AvgIpc) is 2.45. The Kier molecular flexibility index (Phi) is 12.3. The zero-order valence-electron chi connectivity index (χ0n) is 13.8. The molecule has 0 aliphatic heterocycles. The number of ether oxygens (including phenoxy) is 3. The van der Waals surface area contributed by atoms with Crippen molar-refractivity contribution in [2.24, 2.45) is 0 Å². The monoisotopic (exact) mass is 317 g/mol. The van der Waals surface area contributed by atoms with E-state index < -0.39 is 0 Å². The van der Waals surface area contributed by atoms with E-state index in [0.717, 1.165) is 17.7 Å². The Morgan fingerprint density at radius 1 is 0.864 bits per heavy atom. The molecule has 128 valence electrons. The molecule has 0 aliphatic rings. The number of nitrogens with zero attached hydrogens (tertiary/aromatic N) is 1. The first-order valence-electron chi connectivity index (χ1n) is 7.58. The summed E-state index contributed by atoms with van der Waals surface area (Å²) >= 11 is 0. The van der Waals surface area contributed by atoms with Gasteiger partial charge in [-0.2, -0.15) is 0 Å². The molecule has 0 unspecified atom stereocenters. The molecule has 0 fully saturated rings. The van der Waals surface area contributed by atoms with Gasteiger partial charge in [-0.05, 0) is 6.42 Å². The Bertz CT molecular complexity index is 331. The van der Waals surface area contributed by atoms with Gasteiger partial charge in [-0.3, -0.25) is 19.3 Å². The van der Waals surface area contributed by atoms with Crippen molar-refractivity contribution in [2.45, 2.75) is 40.0 Å². The van der Waals surface area contributed by atoms with Crippen LogP contribution in [0.1, 0.15) is 40.0 Å². The topological polar surface area (TPSA) is 82.1 Å². The predicted octanol–water partition coefficient (Wildman–Crippen LogP) is 1.15. The molecule has 0 aromatic rings. The second kappa shape index (κ2) is 13.2. The molecule has 0 spiro atoms. The van der Waals surface area contributed by atoms with Crippen molar-refractivity contribution in [1.82, 2.24) is 4.90 Å². The molecule has 2 amide bonds. The molecule has 0 aliphatic carbocycles. The van der Waals surface area contributed by atoms with Crippen molar-refractivity contribution in [1.29, 1.82) is 0 Å². The van der Waals surface area contributed by atoms with Crippen molar-refractivity contribution in [3.8, 4) is 0 Å². The number of amides is 2. The summed E-state index contributed by atoms with van der Waals surface area (Å²) in [5.41, 5.74) is 0. The molecule has 0 saturated heterocycles. The predicted molar refractivity (Wildman–Crippen MR) is 80.2 cm³/mol. The first kappa shape index (κ1) is 20.5. The summed E-state index contributed by atoms with van der Waals surface area (Å²) in [5.74, 6) is -0.851. The van der Waals surface area contributed by atoms with E-state index in [1.165, 1.54) is 13.8 Å². The SMILES string of the molecule is CCCCOC(=O)CCOCCOCCN(C(C)=O)C(C)=O. The highest BCUT2D eigenvalue weighted by atomic mass is 16.5. The zero-order valence-corrected chi connectivity index (χ0v) is 13.8. The smallest absolute Gasteiger partial charge is 0.308 e. The molecule has 7 nitrogen and oxygen atoms in total. The van der Waals surface area contributed by atoms with Gasteiger partial charge >= 0.3 is 5.97 Å². The number of imide groups is 1. The summed E-state index contributed by atoms with van der Waals surface area (Å²) < 4.78 is 15.5. The van der Waals surface area contributed by atoms with E-state index in [1.54, 1.807) is 0 Å². The molecule has 0 aromatic carbocycles. The first-order chi connectivity index (χ1) is 10.5. The van der Waals surface area contributed by atoms with Gasteiger partial charge in [0.05, 0.1) is 46.0 Å². The van der Waals surface area contributed by atoms with Crippen LogP contribution in [0.15, 0.2) is 0 Å². The lowest BCUT2D eigenvalue weighted by molar-refractivity contribution is -0.145. The highest BCUT2D eigenvalue weighted by Gasteiger charge is 2.12. The van der Waals surface area contributed by atoms with Crippen LogP contribution in [0.25, 0.3) is 0 Å². The summed E-state index contributed by atoms with van der Waals surface area (Å²) in [5, 5.41) is 0. The second-order valence-corrected chi connectivity index (χ2v) is 4.74. The third-order valence-corrected chi connectivity index (χ3v) is 2.80. The van der Waals surface area contributed by atoms with Gasteiger partial charge in [-0.1, -0.05) is 13.3 Å². The largest absolute Gasteiger partial charge is 0.466 e. The molecular weight excluding hydrogens is 290 g/mol. The zero-order chi connectivity index (χ0) is 16.8. The Morgan fingerprint density at radius 2 is 1.45 bits per heavy atom. The van der Waals surface area contributed by atoms with E-state index in [0.29, 0.717) is 26.4 Å². The van der Waals surface area contributed by atoms with E-state index in [1.807, 2.05) is 6.92 Å². The van der Waals surface area contributed by atoms with Gasteiger partial charge in [-0.25, -0.2) is 0 Å². The molecule has 0 radical (unpaired) electrons. The summed E-state index contributed by atoms with van der Waals surface area (Å²) in [4.78, 5) is 34.6. The minimum Gasteiger partial charge on any atom is -0.466 e. The van der Waals surface area contributed by atoms with Gasteiger partial charge in [0.25, 0.3) is 0 Å². The van der Waals surface area contributed by atoms with Crippen LogP contribution in [-0.2, 0) is 28.6 Å². The standard InChI is InChI=1S/C15H27NO6/c1-4-5-8-22-15(19)6-9-20-11-12-21-10-7-16(13(2)17)14(3)18/h4-12H2,1-3H3. The molecule has 22 heavy (non-hydrogen) atoms. The van der Waals surface area contributed by atoms with Crippen molar-refractivity contribution >= 4 is 17.8 Å². The summed E-state index contributed by atoms with van der Waals surface area (Å²) in [7, 11) is 0. The molecular formula is C15H27NO6. The Balaban J connectivity index is 3.45. The van der Waals surface area contributed by atoms with Crippen molar-refractivity contribution in [2.75, 3.05) is 39.6 Å². The lowest BCUT2D eigenvalue weighted by Gasteiger charge is -2.16. The average molecular weight is 317 g/mol. The van der Waals surface area contributed by atoms with Crippen molar-refractivity contribution < 1.29 is 28.6 Å². The fourth-order valence-corrected chi connectivity index (χ4v) is 1.57. The maximum absolute atomic E-state index is 11.3. The van der Waals surface area contributed by atoms with Crippen LogP contribution in [0.4, 0.5) is 0 Å². The first-order valence-corrected chi connectivity index (χ1v) is 7.58. The maximum Gasteiger partial charge on any atom is 0.308 e. The maximum atomic E-state index is 11.3. The van der Waals surface area contributed by atoms with Gasteiger partial charge in [-0.15, -0.1) is 0 Å². The van der Waals surface area contributed by atoms with Crippen LogP contribution in [0.5, 0.6) is 0 Å². The second-order valence-electron chi connectivity index (χ2n) is 4.74. The van der Waals surface area contributed by atoms with Crippen molar-refractivity contribution in [3.05, 3.63) is 0 Å². The number of hydrogen-bond donors (Lipinski definition) is 0. The van der Waals surface area contributed by atoms with E-state index in [9.17, 15) is 14.4 Å². The molecule has 0 heterocycles. The van der Waals surface area contributed by atoms with Gasteiger partial charge in [0, 0.05) is 13.8 Å². The number of esters is 1. The van der Waals surface area contributed by atoms with Crippen LogP contribution in [0, 0.1) is 0 Å². The van der Waals surface area contributed by atoms with E-state index in [2.05, 4.69) is 0 Å². The third kappa shape index (κ3) is 11.2. The summed E-state index contributed by atoms with van der Waals surface area (Å²) in [6.45, 7) is 6.65. The lowest BCUT2D eigenvalue weighted by Crippen LogP contribution is -2.36. The van der Waals surface area contributed by atoms with Crippen LogP contribution in [-0.4, -0.2) is 62.3 Å². The molecule has 0 N–H and O–H groups in total. The van der Waals surface area contributed by atoms with E-state index >= 15 is 0 Å². The Morgan fingerprint density at radius 3 is 2.00 bits per heavy atom. The fourth-order valence-electron chi connectivity index (χ4n) is 1.57. The van der Waals surface area contributed by atoms with Gasteiger partial charge in [0.2, 0.25) is 11.8 Å². The fraction of sp³-hybridized carbons (Fsp3) is 0.800.